The average Bonchev–Trinajstić information content (AvgIpc) is 2.65. The highest BCUT2D eigenvalue weighted by molar-refractivity contribution is 6.30. The molecule has 0 aliphatic rings. The maximum absolute atomic E-state index is 14.1. The van der Waals surface area contributed by atoms with Crippen LogP contribution in [0.4, 0.5) is 21.8 Å². The average molecular weight is 386 g/mol. The Morgan fingerprint density at radius 2 is 1.81 bits per heavy atom. The van der Waals surface area contributed by atoms with Gasteiger partial charge in [-0.15, -0.1) is 0 Å². The summed E-state index contributed by atoms with van der Waals surface area (Å²) in [7, 11) is 4.00. The number of benzene rings is 2. The van der Waals surface area contributed by atoms with Gasteiger partial charge < -0.3 is 15.5 Å². The smallest absolute Gasteiger partial charge is 0.225 e. The molecule has 0 unspecified atom stereocenters. The molecule has 0 amide bonds. The molecular formula is C20H21ClFN5. The van der Waals surface area contributed by atoms with Crippen molar-refractivity contribution < 1.29 is 4.39 Å². The van der Waals surface area contributed by atoms with Gasteiger partial charge in [-0.05, 0) is 32.3 Å². The van der Waals surface area contributed by atoms with Crippen LogP contribution in [0.3, 0.4) is 0 Å². The van der Waals surface area contributed by atoms with Gasteiger partial charge in [0.2, 0.25) is 5.95 Å². The van der Waals surface area contributed by atoms with E-state index in [2.05, 4.69) is 25.5 Å². The fraction of sp³-hybridized carbons (Fsp3) is 0.200. The number of nitrogens with one attached hydrogen (secondary N) is 2. The predicted molar refractivity (Wildman–Crippen MR) is 109 cm³/mol. The van der Waals surface area contributed by atoms with Crippen molar-refractivity contribution in [3.8, 4) is 11.3 Å². The molecular weight excluding hydrogens is 365 g/mol. The Morgan fingerprint density at radius 3 is 2.56 bits per heavy atom. The summed E-state index contributed by atoms with van der Waals surface area (Å²) in [6.45, 7) is 1.53. The number of anilines is 3. The first kappa shape index (κ1) is 19.1. The Labute approximate surface area is 163 Å². The number of aromatic nitrogens is 2. The first-order valence-corrected chi connectivity index (χ1v) is 8.94. The summed E-state index contributed by atoms with van der Waals surface area (Å²) >= 11 is 5.98. The van der Waals surface area contributed by atoms with Crippen molar-refractivity contribution >= 4 is 29.1 Å². The maximum Gasteiger partial charge on any atom is 0.225 e. The molecule has 3 rings (SSSR count). The molecule has 0 saturated heterocycles. The van der Waals surface area contributed by atoms with Crippen LogP contribution in [-0.4, -0.2) is 42.1 Å². The molecule has 0 saturated carbocycles. The minimum atomic E-state index is -0.401. The first-order valence-electron chi connectivity index (χ1n) is 8.56. The lowest BCUT2D eigenvalue weighted by molar-refractivity contribution is 0.425. The van der Waals surface area contributed by atoms with E-state index in [1.807, 2.05) is 44.4 Å². The van der Waals surface area contributed by atoms with E-state index in [0.717, 1.165) is 17.8 Å². The summed E-state index contributed by atoms with van der Waals surface area (Å²) < 4.78 is 14.1. The number of hydrogen-bond donors (Lipinski definition) is 2. The van der Waals surface area contributed by atoms with E-state index in [1.165, 1.54) is 18.2 Å². The van der Waals surface area contributed by atoms with Crippen LogP contribution < -0.4 is 10.6 Å². The molecule has 0 spiro atoms. The molecule has 27 heavy (non-hydrogen) atoms. The van der Waals surface area contributed by atoms with E-state index in [9.17, 15) is 4.39 Å². The van der Waals surface area contributed by atoms with Crippen LogP contribution in [0.2, 0.25) is 5.02 Å². The van der Waals surface area contributed by atoms with Crippen LogP contribution in [-0.2, 0) is 0 Å². The molecule has 3 aromatic rings. The third-order valence-electron chi connectivity index (χ3n) is 3.83. The molecule has 2 aromatic carbocycles. The SMILES string of the molecule is CN(C)CCNc1nc(Nc2cc(Cl)ccc2F)cc(-c2ccccc2)n1. The van der Waals surface area contributed by atoms with E-state index in [-0.39, 0.29) is 5.69 Å². The molecule has 0 aliphatic carbocycles. The second-order valence-electron chi connectivity index (χ2n) is 6.31. The van der Waals surface area contributed by atoms with Gasteiger partial charge >= 0.3 is 0 Å². The fourth-order valence-electron chi connectivity index (χ4n) is 2.47. The predicted octanol–water partition coefficient (Wildman–Crippen LogP) is 4.65. The van der Waals surface area contributed by atoms with Crippen LogP contribution in [0.25, 0.3) is 11.3 Å². The molecule has 140 valence electrons. The van der Waals surface area contributed by atoms with E-state index >= 15 is 0 Å². The van der Waals surface area contributed by atoms with Crippen molar-refractivity contribution in [3.05, 3.63) is 65.4 Å². The van der Waals surface area contributed by atoms with Gasteiger partial charge in [-0.2, -0.15) is 4.98 Å². The van der Waals surface area contributed by atoms with Crippen molar-refractivity contribution in [1.29, 1.82) is 0 Å². The van der Waals surface area contributed by atoms with Gasteiger partial charge in [0, 0.05) is 29.7 Å². The lowest BCUT2D eigenvalue weighted by Gasteiger charge is -2.13. The molecule has 2 N–H and O–H groups in total. The lowest BCUT2D eigenvalue weighted by Crippen LogP contribution is -2.21. The van der Waals surface area contributed by atoms with Crippen LogP contribution in [0.15, 0.2) is 54.6 Å². The van der Waals surface area contributed by atoms with Gasteiger partial charge in [-0.25, -0.2) is 9.37 Å². The fourth-order valence-corrected chi connectivity index (χ4v) is 2.64. The summed E-state index contributed by atoms with van der Waals surface area (Å²) in [5.74, 6) is 0.557. The van der Waals surface area contributed by atoms with Crippen molar-refractivity contribution in [2.45, 2.75) is 0 Å². The highest BCUT2D eigenvalue weighted by atomic mass is 35.5. The number of nitrogens with zero attached hydrogens (tertiary/aromatic N) is 3. The van der Waals surface area contributed by atoms with Crippen LogP contribution in [0.1, 0.15) is 0 Å². The molecule has 0 fully saturated rings. The minimum absolute atomic E-state index is 0.263. The zero-order valence-corrected chi connectivity index (χ0v) is 16.0. The quantitative estimate of drug-likeness (QED) is 0.619. The van der Waals surface area contributed by atoms with E-state index < -0.39 is 5.82 Å². The van der Waals surface area contributed by atoms with Crippen molar-refractivity contribution in [2.75, 3.05) is 37.8 Å². The van der Waals surface area contributed by atoms with E-state index in [4.69, 9.17) is 11.6 Å². The standard InChI is InChI=1S/C20H21ClFN5/c1-27(2)11-10-23-20-25-17(14-6-4-3-5-7-14)13-19(26-20)24-18-12-15(21)8-9-16(18)22/h3-9,12-13H,10-11H2,1-2H3,(H2,23,24,25,26). The Kier molecular flexibility index (Phi) is 6.21. The highest BCUT2D eigenvalue weighted by Crippen LogP contribution is 2.26. The normalized spacial score (nSPS) is 10.9. The largest absolute Gasteiger partial charge is 0.353 e. The van der Waals surface area contributed by atoms with Gasteiger partial charge in [-0.3, -0.25) is 0 Å². The van der Waals surface area contributed by atoms with Crippen molar-refractivity contribution in [3.63, 3.8) is 0 Å². The van der Waals surface area contributed by atoms with E-state index in [1.54, 1.807) is 6.07 Å². The highest BCUT2D eigenvalue weighted by Gasteiger charge is 2.10. The van der Waals surface area contributed by atoms with Gasteiger partial charge in [-0.1, -0.05) is 41.9 Å². The third kappa shape index (κ3) is 5.39. The zero-order valence-electron chi connectivity index (χ0n) is 15.2. The first-order chi connectivity index (χ1) is 13.0. The monoisotopic (exact) mass is 385 g/mol. The lowest BCUT2D eigenvalue weighted by atomic mass is 10.1. The number of rotatable bonds is 7. The summed E-state index contributed by atoms with van der Waals surface area (Å²) in [6, 6.07) is 15.9. The van der Waals surface area contributed by atoms with Crippen LogP contribution in [0, 0.1) is 5.82 Å². The van der Waals surface area contributed by atoms with Crippen molar-refractivity contribution in [1.82, 2.24) is 14.9 Å². The summed E-state index contributed by atoms with van der Waals surface area (Å²) in [4.78, 5) is 11.1. The summed E-state index contributed by atoms with van der Waals surface area (Å²) in [5, 5.41) is 6.66. The molecule has 1 aromatic heterocycles. The molecule has 0 bridgehead atoms. The number of hydrogen-bond acceptors (Lipinski definition) is 5. The summed E-state index contributed by atoms with van der Waals surface area (Å²) in [5.41, 5.74) is 1.95. The molecule has 5 nitrogen and oxygen atoms in total. The summed E-state index contributed by atoms with van der Waals surface area (Å²) in [6.07, 6.45) is 0. The molecule has 0 atom stereocenters. The van der Waals surface area contributed by atoms with Gasteiger partial charge in [0.05, 0.1) is 11.4 Å². The number of likely N-dealkylation sites (N-methyl/N-ethyl adjacent to an activating group) is 1. The molecule has 0 aliphatic heterocycles. The minimum Gasteiger partial charge on any atom is -0.353 e. The topological polar surface area (TPSA) is 53.1 Å². The Hall–Kier alpha value is -2.70. The second kappa shape index (κ2) is 8.79. The van der Waals surface area contributed by atoms with Crippen molar-refractivity contribution in [2.24, 2.45) is 0 Å². The van der Waals surface area contributed by atoms with Crippen LogP contribution in [0.5, 0.6) is 0 Å². The molecule has 0 radical (unpaired) electrons. The third-order valence-corrected chi connectivity index (χ3v) is 4.06. The Bertz CT molecular complexity index is 902. The Morgan fingerprint density at radius 1 is 1.04 bits per heavy atom. The van der Waals surface area contributed by atoms with E-state index in [0.29, 0.717) is 23.3 Å². The van der Waals surface area contributed by atoms with Gasteiger partial charge in [0.15, 0.2) is 0 Å². The van der Waals surface area contributed by atoms with Crippen LogP contribution >= 0.6 is 11.6 Å². The molecule has 7 heteroatoms. The Balaban J connectivity index is 1.92. The second-order valence-corrected chi connectivity index (χ2v) is 6.74. The maximum atomic E-state index is 14.1. The number of halogens is 2. The van der Waals surface area contributed by atoms with Gasteiger partial charge in [0.1, 0.15) is 11.6 Å². The van der Waals surface area contributed by atoms with Gasteiger partial charge in [0.25, 0.3) is 0 Å². The molecule has 1 heterocycles. The zero-order chi connectivity index (χ0) is 19.2.